The van der Waals surface area contributed by atoms with Gasteiger partial charge in [-0.15, -0.1) is 0 Å². The zero-order valence-corrected chi connectivity index (χ0v) is 37.0. The summed E-state index contributed by atoms with van der Waals surface area (Å²) in [7, 11) is 0. The van der Waals surface area contributed by atoms with Crippen molar-refractivity contribution in [3.05, 3.63) is 65.1 Å². The number of rotatable bonds is 6. The molecule has 0 saturated heterocycles. The quantitative estimate of drug-likeness (QED) is 0.227. The Bertz CT molecular complexity index is 1400. The van der Waals surface area contributed by atoms with Crippen LogP contribution in [0.1, 0.15) is 175 Å². The molecule has 0 radical (unpaired) electrons. The van der Waals surface area contributed by atoms with Gasteiger partial charge < -0.3 is 17.6 Å². The minimum Gasteiger partial charge on any atom is -0.507 e. The molecule has 2 aromatic carbocycles. The van der Waals surface area contributed by atoms with Crippen LogP contribution < -0.4 is 0 Å². The summed E-state index contributed by atoms with van der Waals surface area (Å²) in [5.41, 5.74) is 6.22. The van der Waals surface area contributed by atoms with Crippen LogP contribution in [0.15, 0.2) is 34.3 Å². The number of hydrogen-bond acceptors (Lipinski definition) is 4. The van der Waals surface area contributed by atoms with Gasteiger partial charge in [-0.1, -0.05) is 128 Å². The molecule has 4 nitrogen and oxygen atoms in total. The molecule has 0 amide bonds. The first kappa shape index (κ1) is 46.3. The fraction of sp³-hybridized carbons (Fsp3) is 0.667. The first-order valence-corrected chi connectivity index (χ1v) is 19.0. The molecule has 0 heterocycles. The number of phenolic OH excluding ortho intramolecular Hbond substituents is 2. The molecule has 50 heavy (non-hydrogen) atoms. The molecule has 2 aliphatic carbocycles. The van der Waals surface area contributed by atoms with E-state index in [1.165, 1.54) is 62.5 Å². The van der Waals surface area contributed by atoms with Crippen molar-refractivity contribution in [1.82, 2.24) is 0 Å². The van der Waals surface area contributed by atoms with E-state index in [9.17, 15) is 10.2 Å². The van der Waals surface area contributed by atoms with Gasteiger partial charge in [0, 0.05) is 60.9 Å². The first-order valence-electron chi connectivity index (χ1n) is 19.0. The summed E-state index contributed by atoms with van der Waals surface area (Å²) in [5, 5.41) is 21.6. The van der Waals surface area contributed by atoms with Gasteiger partial charge in [0.1, 0.15) is 11.5 Å². The second kappa shape index (κ2) is 19.4. The average Bonchev–Trinajstić information content (AvgIpc) is 2.96. The zero-order chi connectivity index (χ0) is 36.0. The molecular formula is C45H73N2O2Zr-. The van der Waals surface area contributed by atoms with Gasteiger partial charge in [0.2, 0.25) is 0 Å². The molecule has 4 unspecified atom stereocenters. The van der Waals surface area contributed by atoms with Crippen molar-refractivity contribution < 1.29 is 36.4 Å². The van der Waals surface area contributed by atoms with Gasteiger partial charge in [0.25, 0.3) is 0 Å². The number of aromatic hydroxyl groups is 2. The van der Waals surface area contributed by atoms with Crippen molar-refractivity contribution in [3.63, 3.8) is 0 Å². The maximum atomic E-state index is 10.8. The van der Waals surface area contributed by atoms with E-state index < -0.39 is 0 Å². The number of phenols is 2. The minimum absolute atomic E-state index is 0. The molecule has 2 saturated carbocycles. The Morgan fingerprint density at radius 1 is 0.640 bits per heavy atom. The average molecular weight is 765 g/mol. The van der Waals surface area contributed by atoms with Crippen LogP contribution in [-0.4, -0.2) is 34.7 Å². The van der Waals surface area contributed by atoms with Gasteiger partial charge in [-0.05, 0) is 89.4 Å². The van der Waals surface area contributed by atoms with Crippen molar-refractivity contribution in [2.75, 3.05) is 0 Å². The van der Waals surface area contributed by atoms with Crippen LogP contribution in [0.5, 0.6) is 11.5 Å². The first-order chi connectivity index (χ1) is 22.2. The van der Waals surface area contributed by atoms with Gasteiger partial charge in [-0.25, -0.2) is 0 Å². The topological polar surface area (TPSA) is 65.2 Å². The minimum atomic E-state index is -0.0912. The predicted octanol–water partition coefficient (Wildman–Crippen LogP) is 12.3. The van der Waals surface area contributed by atoms with E-state index in [0.717, 1.165) is 28.7 Å². The number of hydrogen-bond donors (Lipinski definition) is 2. The van der Waals surface area contributed by atoms with E-state index in [4.69, 9.17) is 9.98 Å². The van der Waals surface area contributed by atoms with E-state index in [0.29, 0.717) is 41.3 Å². The summed E-state index contributed by atoms with van der Waals surface area (Å²) in [6.07, 6.45) is 15.0. The van der Waals surface area contributed by atoms with Gasteiger partial charge >= 0.3 is 0 Å². The van der Waals surface area contributed by atoms with E-state index >= 15 is 0 Å². The van der Waals surface area contributed by atoms with Crippen LogP contribution in [0.4, 0.5) is 0 Å². The van der Waals surface area contributed by atoms with Crippen LogP contribution in [0, 0.1) is 25.2 Å². The van der Waals surface area contributed by atoms with E-state index in [1.807, 2.05) is 12.4 Å². The molecular weight excluding hydrogens is 692 g/mol. The van der Waals surface area contributed by atoms with Crippen LogP contribution in [-0.2, 0) is 48.9 Å². The molecule has 280 valence electrons. The van der Waals surface area contributed by atoms with Crippen molar-refractivity contribution in [2.45, 2.75) is 176 Å². The summed E-state index contributed by atoms with van der Waals surface area (Å²) in [6, 6.07) is 9.38. The van der Waals surface area contributed by atoms with Crippen molar-refractivity contribution in [2.24, 2.45) is 27.7 Å². The molecule has 2 aliphatic rings. The van der Waals surface area contributed by atoms with Crippen molar-refractivity contribution in [1.29, 1.82) is 0 Å². The standard InChI is InChI=1S/2C22H35NO.CH3.Zr/c1-15-10-8-9-11-19(15)23-14-16-12-17(21(2,3)4)13-18(20(16)24)22(5,6)7;1-15(2)11-17-12-18(21(24)19(13-17)22(4,5)6)14-23-20-10-8-7-9-16(20)3;;/h12-15,19,24H,8-11H2,1-7H3;12-16,20,24H,7-11H2,1-6H3;1H3;/q;;-1;. The summed E-state index contributed by atoms with van der Waals surface area (Å²) in [5.74, 6) is 2.69. The molecule has 0 spiro atoms. The van der Waals surface area contributed by atoms with Crippen molar-refractivity contribution >= 4 is 12.4 Å². The van der Waals surface area contributed by atoms with E-state index in [-0.39, 0.29) is 49.9 Å². The molecule has 2 N–H and O–H groups in total. The normalized spacial score (nSPS) is 21.8. The number of nitrogens with zero attached hydrogens (tertiary/aromatic N) is 2. The fourth-order valence-corrected chi connectivity index (χ4v) is 7.13. The second-order valence-electron chi connectivity index (χ2n) is 18.6. The van der Waals surface area contributed by atoms with Gasteiger partial charge in [-0.3, -0.25) is 9.98 Å². The smallest absolute Gasteiger partial charge is 0.128 e. The third-order valence-electron chi connectivity index (χ3n) is 10.4. The molecule has 0 aliphatic heterocycles. The SMILES string of the molecule is CC(C)Cc1cc(C=NC2CCCCC2C)c(O)c(C(C)(C)C)c1.CC1CCCCC1N=Cc1cc(C(C)(C)C)cc(C(C)(C)C)c1O.[CH3-].[Zr]. The summed E-state index contributed by atoms with van der Waals surface area (Å²) in [6.45, 7) is 28.7. The Balaban J connectivity index is 0.000000481. The Kier molecular flexibility index (Phi) is 17.9. The molecule has 2 fully saturated rings. The zero-order valence-electron chi connectivity index (χ0n) is 34.5. The summed E-state index contributed by atoms with van der Waals surface area (Å²) >= 11 is 0. The summed E-state index contributed by atoms with van der Waals surface area (Å²) in [4.78, 5) is 9.71. The maximum absolute atomic E-state index is 10.8. The molecule has 5 heteroatoms. The van der Waals surface area contributed by atoms with Crippen molar-refractivity contribution in [3.8, 4) is 11.5 Å². The van der Waals surface area contributed by atoms with Gasteiger partial charge in [0.05, 0.1) is 12.1 Å². The Morgan fingerprint density at radius 2 is 1.04 bits per heavy atom. The van der Waals surface area contributed by atoms with Crippen LogP contribution in [0.3, 0.4) is 0 Å². The molecule has 4 atom stereocenters. The molecule has 2 aromatic rings. The summed E-state index contributed by atoms with van der Waals surface area (Å²) < 4.78 is 0. The Labute approximate surface area is 327 Å². The largest absolute Gasteiger partial charge is 0.507 e. The van der Waals surface area contributed by atoms with Crippen LogP contribution in [0.2, 0.25) is 0 Å². The molecule has 0 bridgehead atoms. The maximum Gasteiger partial charge on any atom is 0.128 e. The number of benzene rings is 2. The number of aliphatic imine (C=N–C) groups is 2. The third-order valence-corrected chi connectivity index (χ3v) is 10.4. The third kappa shape index (κ3) is 13.3. The van der Waals surface area contributed by atoms with E-state index in [1.54, 1.807) is 0 Å². The monoisotopic (exact) mass is 763 g/mol. The fourth-order valence-electron chi connectivity index (χ4n) is 7.13. The van der Waals surface area contributed by atoms with E-state index in [2.05, 4.69) is 114 Å². The van der Waals surface area contributed by atoms with Crippen LogP contribution >= 0.6 is 0 Å². The molecule has 0 aromatic heterocycles. The Morgan fingerprint density at radius 3 is 1.42 bits per heavy atom. The predicted molar refractivity (Wildman–Crippen MR) is 215 cm³/mol. The Hall–Kier alpha value is -1.74. The van der Waals surface area contributed by atoms with Gasteiger partial charge in [0.15, 0.2) is 0 Å². The van der Waals surface area contributed by atoms with Gasteiger partial charge in [-0.2, -0.15) is 0 Å². The van der Waals surface area contributed by atoms with Crippen LogP contribution in [0.25, 0.3) is 0 Å². The second-order valence-corrected chi connectivity index (χ2v) is 18.6. The molecule has 4 rings (SSSR count).